The molecule has 0 aliphatic carbocycles. The van der Waals surface area contributed by atoms with Crippen molar-refractivity contribution in [2.24, 2.45) is 11.7 Å². The van der Waals surface area contributed by atoms with Crippen molar-refractivity contribution >= 4 is 27.5 Å². The smallest absolute Gasteiger partial charge is 0.240 e. The van der Waals surface area contributed by atoms with Crippen molar-refractivity contribution < 1.29 is 18.0 Å². The molecule has 0 saturated carbocycles. The molecule has 1 heterocycles. The zero-order chi connectivity index (χ0) is 23.8. The summed E-state index contributed by atoms with van der Waals surface area (Å²) in [6.07, 6.45) is 3.41. The minimum absolute atomic E-state index is 0.0120. The molecular formula is C24H32N4O4S. The average Bonchev–Trinajstić information content (AvgIpc) is 2.83. The van der Waals surface area contributed by atoms with E-state index in [0.717, 1.165) is 50.1 Å². The number of hydrogen-bond donors (Lipinski definition) is 3. The van der Waals surface area contributed by atoms with Gasteiger partial charge in [-0.15, -0.1) is 0 Å². The van der Waals surface area contributed by atoms with Crippen molar-refractivity contribution in [3.05, 3.63) is 59.7 Å². The third-order valence-corrected chi connectivity index (χ3v) is 7.52. The predicted octanol–water partition coefficient (Wildman–Crippen LogP) is 1.91. The molecule has 0 unspecified atom stereocenters. The quantitative estimate of drug-likeness (QED) is 0.488. The molecule has 178 valence electrons. The van der Waals surface area contributed by atoms with Gasteiger partial charge in [-0.25, -0.2) is 13.1 Å². The van der Waals surface area contributed by atoms with E-state index >= 15 is 0 Å². The Morgan fingerprint density at radius 3 is 2.12 bits per heavy atom. The van der Waals surface area contributed by atoms with Crippen LogP contribution in [0, 0.1) is 5.92 Å². The molecule has 0 spiro atoms. The topological polar surface area (TPSA) is 122 Å². The van der Waals surface area contributed by atoms with E-state index in [1.165, 1.54) is 24.7 Å². The molecule has 2 aromatic carbocycles. The van der Waals surface area contributed by atoms with Crippen molar-refractivity contribution in [1.82, 2.24) is 9.62 Å². The summed E-state index contributed by atoms with van der Waals surface area (Å²) in [4.78, 5) is 26.1. The van der Waals surface area contributed by atoms with Crippen LogP contribution in [0.5, 0.6) is 0 Å². The molecule has 1 fully saturated rings. The third-order valence-electron chi connectivity index (χ3n) is 6.09. The number of aryl methyl sites for hydroxylation is 1. The number of amides is 2. The van der Waals surface area contributed by atoms with Gasteiger partial charge in [-0.3, -0.25) is 9.59 Å². The number of sulfonamides is 1. The van der Waals surface area contributed by atoms with E-state index in [1.807, 2.05) is 24.3 Å². The number of nitrogens with one attached hydrogen (secondary N) is 2. The first-order valence-corrected chi connectivity index (χ1v) is 12.7. The average molecular weight is 473 g/mol. The van der Waals surface area contributed by atoms with Crippen molar-refractivity contribution in [3.8, 4) is 0 Å². The Labute approximate surface area is 195 Å². The van der Waals surface area contributed by atoms with E-state index in [-0.39, 0.29) is 22.6 Å². The van der Waals surface area contributed by atoms with E-state index in [4.69, 9.17) is 5.73 Å². The highest BCUT2D eigenvalue weighted by Gasteiger charge is 2.22. The summed E-state index contributed by atoms with van der Waals surface area (Å²) in [5.74, 6) is -0.268. The highest BCUT2D eigenvalue weighted by molar-refractivity contribution is 7.89. The standard InChI is InChI=1S/C24H32N4O4S/c1-26-33(31,32)22-9-4-18(5-10-22)6-11-23(29)27-21-7-2-19(3-8-21)12-15-28-16-13-20(14-17-28)24(25)30/h2-5,7-10,20,26H,6,11-17H2,1H3,(H2,25,30)(H,27,29). The van der Waals surface area contributed by atoms with Gasteiger partial charge < -0.3 is 16.0 Å². The zero-order valence-corrected chi connectivity index (χ0v) is 19.7. The maximum atomic E-state index is 12.3. The third kappa shape index (κ3) is 7.38. The number of primary amides is 1. The first kappa shape index (κ1) is 24.9. The van der Waals surface area contributed by atoms with E-state index < -0.39 is 10.0 Å². The minimum Gasteiger partial charge on any atom is -0.369 e. The summed E-state index contributed by atoms with van der Waals surface area (Å²) in [7, 11) is -2.08. The fraction of sp³-hybridized carbons (Fsp3) is 0.417. The number of carbonyl (C=O) groups excluding carboxylic acids is 2. The number of piperidine rings is 1. The highest BCUT2D eigenvalue weighted by atomic mass is 32.2. The van der Waals surface area contributed by atoms with Crippen LogP contribution in [0.3, 0.4) is 0 Å². The normalized spacial score (nSPS) is 15.3. The van der Waals surface area contributed by atoms with E-state index in [0.29, 0.717) is 12.8 Å². The second-order valence-corrected chi connectivity index (χ2v) is 10.3. The van der Waals surface area contributed by atoms with Crippen molar-refractivity contribution in [2.45, 2.75) is 37.0 Å². The monoisotopic (exact) mass is 472 g/mol. The molecule has 2 amide bonds. The maximum Gasteiger partial charge on any atom is 0.240 e. The fourth-order valence-electron chi connectivity index (χ4n) is 3.92. The Morgan fingerprint density at radius 2 is 1.55 bits per heavy atom. The Kier molecular flexibility index (Phi) is 8.60. The molecule has 33 heavy (non-hydrogen) atoms. The molecule has 1 saturated heterocycles. The summed E-state index contributed by atoms with van der Waals surface area (Å²) < 4.78 is 25.8. The van der Waals surface area contributed by atoms with Crippen LogP contribution in [0.15, 0.2) is 53.4 Å². The lowest BCUT2D eigenvalue weighted by molar-refractivity contribution is -0.123. The van der Waals surface area contributed by atoms with E-state index in [2.05, 4.69) is 14.9 Å². The molecule has 3 rings (SSSR count). The number of carbonyl (C=O) groups is 2. The molecule has 1 aliphatic heterocycles. The number of benzene rings is 2. The van der Waals surface area contributed by atoms with Gasteiger partial charge in [0.2, 0.25) is 21.8 Å². The molecular weight excluding hydrogens is 440 g/mol. The summed E-state index contributed by atoms with van der Waals surface area (Å²) in [5, 5.41) is 2.91. The lowest BCUT2D eigenvalue weighted by Gasteiger charge is -2.30. The lowest BCUT2D eigenvalue weighted by Crippen LogP contribution is -2.39. The summed E-state index contributed by atoms with van der Waals surface area (Å²) in [6.45, 7) is 2.73. The van der Waals surface area contributed by atoms with Gasteiger partial charge in [-0.2, -0.15) is 0 Å². The van der Waals surface area contributed by atoms with Crippen LogP contribution in [0.2, 0.25) is 0 Å². The van der Waals surface area contributed by atoms with Crippen LogP contribution in [-0.4, -0.2) is 51.8 Å². The van der Waals surface area contributed by atoms with Gasteiger partial charge in [0.15, 0.2) is 0 Å². The number of rotatable bonds is 10. The van der Waals surface area contributed by atoms with Crippen LogP contribution < -0.4 is 15.8 Å². The van der Waals surface area contributed by atoms with Gasteiger partial charge in [-0.1, -0.05) is 24.3 Å². The van der Waals surface area contributed by atoms with Crippen molar-refractivity contribution in [1.29, 1.82) is 0 Å². The Morgan fingerprint density at radius 1 is 0.970 bits per heavy atom. The predicted molar refractivity (Wildman–Crippen MR) is 128 cm³/mol. The summed E-state index contributed by atoms with van der Waals surface area (Å²) in [6, 6.07) is 14.4. The fourth-order valence-corrected chi connectivity index (χ4v) is 4.65. The number of hydrogen-bond acceptors (Lipinski definition) is 5. The summed E-state index contributed by atoms with van der Waals surface area (Å²) >= 11 is 0. The molecule has 1 aliphatic rings. The Balaban J connectivity index is 1.40. The van der Waals surface area contributed by atoms with Crippen LogP contribution in [0.4, 0.5) is 5.69 Å². The molecule has 9 heteroatoms. The van der Waals surface area contributed by atoms with Crippen LogP contribution in [0.1, 0.15) is 30.4 Å². The Hall–Kier alpha value is -2.75. The SMILES string of the molecule is CNS(=O)(=O)c1ccc(CCC(=O)Nc2ccc(CCN3CCC(C(N)=O)CC3)cc2)cc1. The number of likely N-dealkylation sites (tertiary alicyclic amines) is 1. The summed E-state index contributed by atoms with van der Waals surface area (Å²) in [5.41, 5.74) is 8.24. The molecule has 2 aromatic rings. The molecule has 4 N–H and O–H groups in total. The van der Waals surface area contributed by atoms with E-state index in [1.54, 1.807) is 12.1 Å². The van der Waals surface area contributed by atoms with Crippen LogP contribution in [0.25, 0.3) is 0 Å². The molecule has 0 bridgehead atoms. The largest absolute Gasteiger partial charge is 0.369 e. The molecule has 0 aromatic heterocycles. The second kappa shape index (κ2) is 11.4. The first-order chi connectivity index (χ1) is 15.8. The van der Waals surface area contributed by atoms with Crippen molar-refractivity contribution in [3.63, 3.8) is 0 Å². The van der Waals surface area contributed by atoms with Crippen LogP contribution in [-0.2, 0) is 32.5 Å². The molecule has 0 atom stereocenters. The van der Waals surface area contributed by atoms with Crippen LogP contribution >= 0.6 is 0 Å². The van der Waals surface area contributed by atoms with Gasteiger partial charge in [0.25, 0.3) is 0 Å². The van der Waals surface area contributed by atoms with Gasteiger partial charge >= 0.3 is 0 Å². The molecule has 8 nitrogen and oxygen atoms in total. The number of nitrogens with two attached hydrogens (primary N) is 1. The van der Waals surface area contributed by atoms with Gasteiger partial charge in [0, 0.05) is 24.6 Å². The van der Waals surface area contributed by atoms with E-state index in [9.17, 15) is 18.0 Å². The second-order valence-electron chi connectivity index (χ2n) is 8.36. The minimum atomic E-state index is -3.46. The van der Waals surface area contributed by atoms with Crippen molar-refractivity contribution in [2.75, 3.05) is 32.0 Å². The first-order valence-electron chi connectivity index (χ1n) is 11.2. The highest BCUT2D eigenvalue weighted by Crippen LogP contribution is 2.18. The zero-order valence-electron chi connectivity index (χ0n) is 18.9. The number of anilines is 1. The van der Waals surface area contributed by atoms with Gasteiger partial charge in [0.05, 0.1) is 4.90 Å². The number of nitrogens with zero attached hydrogens (tertiary/aromatic N) is 1. The lowest BCUT2D eigenvalue weighted by atomic mass is 9.96. The van der Waals surface area contributed by atoms with Gasteiger partial charge in [-0.05, 0) is 81.2 Å². The maximum absolute atomic E-state index is 12.3. The van der Waals surface area contributed by atoms with Gasteiger partial charge in [0.1, 0.15) is 0 Å². The molecule has 0 radical (unpaired) electrons. The Bertz CT molecular complexity index is 1040.